The van der Waals surface area contributed by atoms with E-state index in [4.69, 9.17) is 4.74 Å². The summed E-state index contributed by atoms with van der Waals surface area (Å²) in [5.41, 5.74) is 3.52. The molecule has 1 aliphatic heterocycles. The fraction of sp³-hybridized carbons (Fsp3) is 0.308. The van der Waals surface area contributed by atoms with Crippen LogP contribution in [0.5, 0.6) is 0 Å². The second-order valence-corrected chi connectivity index (χ2v) is 9.02. The first-order valence-electron chi connectivity index (χ1n) is 11.0. The second kappa shape index (κ2) is 7.99. The number of anilines is 2. The Labute approximate surface area is 191 Å². The molecule has 168 valence electrons. The van der Waals surface area contributed by atoms with Crippen molar-refractivity contribution in [2.24, 2.45) is 23.7 Å². The van der Waals surface area contributed by atoms with Crippen LogP contribution in [0.3, 0.4) is 0 Å². The number of hydrogen-bond acceptors (Lipinski definition) is 5. The predicted molar refractivity (Wildman–Crippen MR) is 121 cm³/mol. The molecule has 7 nitrogen and oxygen atoms in total. The number of carbonyl (C=O) groups excluding carboxylic acids is 4. The molecular formula is C26H24N2O5. The summed E-state index contributed by atoms with van der Waals surface area (Å²) in [6.45, 7) is 3.52. The molecule has 0 unspecified atom stereocenters. The summed E-state index contributed by atoms with van der Waals surface area (Å²) in [7, 11) is 0. The molecule has 4 atom stereocenters. The number of rotatable bonds is 5. The van der Waals surface area contributed by atoms with Gasteiger partial charge in [0.25, 0.3) is 5.91 Å². The second-order valence-electron chi connectivity index (χ2n) is 9.02. The van der Waals surface area contributed by atoms with Gasteiger partial charge >= 0.3 is 5.97 Å². The Balaban J connectivity index is 1.21. The topological polar surface area (TPSA) is 92.8 Å². The minimum absolute atomic E-state index is 0.140. The Morgan fingerprint density at radius 3 is 2.48 bits per heavy atom. The average Bonchev–Trinajstić information content (AvgIpc) is 3.42. The minimum Gasteiger partial charge on any atom is -0.452 e. The van der Waals surface area contributed by atoms with E-state index in [9.17, 15) is 19.2 Å². The molecule has 33 heavy (non-hydrogen) atoms. The van der Waals surface area contributed by atoms with Crippen LogP contribution in [0.1, 0.15) is 29.3 Å². The number of nitrogens with zero attached hydrogens (tertiary/aromatic N) is 1. The third kappa shape index (κ3) is 3.63. The van der Waals surface area contributed by atoms with Crippen LogP contribution in [0.2, 0.25) is 0 Å². The van der Waals surface area contributed by atoms with Crippen molar-refractivity contribution in [1.29, 1.82) is 0 Å². The SMILES string of the molecule is CC1=C[C@H]2C[C@H]1[C@@H]1C(=O)N(c3ccc(C(=O)OCC(=O)Nc4cccc(C)c4)cc3)C(=O)[C@H]12. The molecule has 2 fully saturated rings. The van der Waals surface area contributed by atoms with Gasteiger partial charge in [-0.2, -0.15) is 0 Å². The number of aryl methyl sites for hydroxylation is 1. The molecule has 0 spiro atoms. The van der Waals surface area contributed by atoms with Crippen LogP contribution in [-0.4, -0.2) is 30.3 Å². The van der Waals surface area contributed by atoms with E-state index in [1.54, 1.807) is 18.2 Å². The largest absolute Gasteiger partial charge is 0.452 e. The fourth-order valence-corrected chi connectivity index (χ4v) is 5.41. The maximum atomic E-state index is 13.0. The molecule has 1 N–H and O–H groups in total. The standard InChI is InChI=1S/C26H24N2O5/c1-14-4-3-5-18(10-14)27-21(29)13-33-26(32)16-6-8-19(9-7-16)28-24(30)22-17-11-15(2)20(12-17)23(22)25(28)31/h3-11,17,20,22-23H,12-13H2,1-2H3,(H,27,29)/t17-,20+,22-,23-/m0/s1. The number of benzene rings is 2. The number of ether oxygens (including phenoxy) is 1. The zero-order chi connectivity index (χ0) is 23.3. The molecule has 2 aliphatic carbocycles. The van der Waals surface area contributed by atoms with Gasteiger partial charge in [-0.05, 0) is 74.1 Å². The number of esters is 1. The van der Waals surface area contributed by atoms with Gasteiger partial charge < -0.3 is 10.1 Å². The zero-order valence-corrected chi connectivity index (χ0v) is 18.4. The summed E-state index contributed by atoms with van der Waals surface area (Å²) >= 11 is 0. The van der Waals surface area contributed by atoms with Crippen LogP contribution in [0, 0.1) is 30.6 Å². The van der Waals surface area contributed by atoms with Crippen molar-refractivity contribution in [3.8, 4) is 0 Å². The summed E-state index contributed by atoms with van der Waals surface area (Å²) in [6.07, 6.45) is 3.02. The van der Waals surface area contributed by atoms with Gasteiger partial charge in [0, 0.05) is 5.69 Å². The quantitative estimate of drug-likeness (QED) is 0.433. The number of hydrogen-bond donors (Lipinski definition) is 1. The normalized spacial score (nSPS) is 25.2. The summed E-state index contributed by atoms with van der Waals surface area (Å²) in [5.74, 6) is -1.67. The molecule has 1 saturated heterocycles. The van der Waals surface area contributed by atoms with E-state index in [0.717, 1.165) is 12.0 Å². The number of amides is 3. The number of imide groups is 1. The van der Waals surface area contributed by atoms with E-state index in [-0.39, 0.29) is 41.0 Å². The molecule has 3 amide bonds. The summed E-state index contributed by atoms with van der Waals surface area (Å²) in [5, 5.41) is 2.68. The first kappa shape index (κ1) is 21.1. The fourth-order valence-electron chi connectivity index (χ4n) is 5.41. The van der Waals surface area contributed by atoms with Crippen LogP contribution in [0.25, 0.3) is 0 Å². The summed E-state index contributed by atoms with van der Waals surface area (Å²) in [6, 6.07) is 13.5. The van der Waals surface area contributed by atoms with Gasteiger partial charge in [-0.25, -0.2) is 4.79 Å². The molecule has 3 aliphatic rings. The first-order chi connectivity index (χ1) is 15.8. The smallest absolute Gasteiger partial charge is 0.338 e. The lowest BCUT2D eigenvalue weighted by atomic mass is 9.82. The van der Waals surface area contributed by atoms with Gasteiger partial charge in [-0.15, -0.1) is 0 Å². The van der Waals surface area contributed by atoms with Crippen molar-refractivity contribution in [2.45, 2.75) is 20.3 Å². The molecule has 0 aromatic heterocycles. The lowest BCUT2D eigenvalue weighted by Gasteiger charge is -2.19. The van der Waals surface area contributed by atoms with E-state index in [2.05, 4.69) is 11.4 Å². The molecule has 7 heteroatoms. The van der Waals surface area contributed by atoms with Gasteiger partial charge in [0.2, 0.25) is 11.8 Å². The average molecular weight is 444 g/mol. The molecule has 5 rings (SSSR count). The highest BCUT2D eigenvalue weighted by molar-refractivity contribution is 6.23. The van der Waals surface area contributed by atoms with E-state index in [1.807, 2.05) is 32.0 Å². The Bertz CT molecular complexity index is 1200. The Kier molecular flexibility index (Phi) is 5.12. The zero-order valence-electron chi connectivity index (χ0n) is 18.4. The lowest BCUT2D eigenvalue weighted by Crippen LogP contribution is -2.33. The monoisotopic (exact) mass is 444 g/mol. The predicted octanol–water partition coefficient (Wildman–Crippen LogP) is 3.49. The highest BCUT2D eigenvalue weighted by atomic mass is 16.5. The maximum absolute atomic E-state index is 13.0. The molecule has 2 aromatic carbocycles. The molecule has 1 saturated carbocycles. The molecule has 2 bridgehead atoms. The van der Waals surface area contributed by atoms with Crippen molar-refractivity contribution < 1.29 is 23.9 Å². The van der Waals surface area contributed by atoms with Crippen LogP contribution in [0.15, 0.2) is 60.2 Å². The number of allylic oxidation sites excluding steroid dienone is 2. The maximum Gasteiger partial charge on any atom is 0.338 e. The van der Waals surface area contributed by atoms with Gasteiger partial charge in [0.15, 0.2) is 6.61 Å². The minimum atomic E-state index is -0.658. The highest BCUT2D eigenvalue weighted by Crippen LogP contribution is 2.55. The van der Waals surface area contributed by atoms with Crippen LogP contribution >= 0.6 is 0 Å². The third-order valence-corrected chi connectivity index (χ3v) is 6.88. The molecule has 1 heterocycles. The number of nitrogens with one attached hydrogen (secondary N) is 1. The van der Waals surface area contributed by atoms with Crippen molar-refractivity contribution in [3.63, 3.8) is 0 Å². The Morgan fingerprint density at radius 2 is 1.76 bits per heavy atom. The first-order valence-corrected chi connectivity index (χ1v) is 11.0. The molecule has 2 aromatic rings. The van der Waals surface area contributed by atoms with Gasteiger partial charge in [-0.1, -0.05) is 23.8 Å². The van der Waals surface area contributed by atoms with E-state index >= 15 is 0 Å². The van der Waals surface area contributed by atoms with E-state index in [0.29, 0.717) is 11.4 Å². The van der Waals surface area contributed by atoms with Crippen molar-refractivity contribution in [2.75, 3.05) is 16.8 Å². The van der Waals surface area contributed by atoms with E-state index < -0.39 is 18.5 Å². The van der Waals surface area contributed by atoms with Crippen molar-refractivity contribution in [3.05, 3.63) is 71.3 Å². The summed E-state index contributed by atoms with van der Waals surface area (Å²) < 4.78 is 5.10. The highest BCUT2D eigenvalue weighted by Gasteiger charge is 2.60. The van der Waals surface area contributed by atoms with Crippen molar-refractivity contribution >= 4 is 35.1 Å². The summed E-state index contributed by atoms with van der Waals surface area (Å²) in [4.78, 5) is 51.7. The third-order valence-electron chi connectivity index (χ3n) is 6.88. The van der Waals surface area contributed by atoms with Gasteiger partial charge in [0.1, 0.15) is 0 Å². The lowest BCUT2D eigenvalue weighted by molar-refractivity contribution is -0.123. The Morgan fingerprint density at radius 1 is 1.03 bits per heavy atom. The van der Waals surface area contributed by atoms with E-state index in [1.165, 1.54) is 22.6 Å². The Hall–Kier alpha value is -3.74. The molecule has 0 radical (unpaired) electrons. The molecular weight excluding hydrogens is 420 g/mol. The van der Waals surface area contributed by atoms with Gasteiger partial charge in [-0.3, -0.25) is 19.3 Å². The van der Waals surface area contributed by atoms with Crippen LogP contribution in [0.4, 0.5) is 11.4 Å². The van der Waals surface area contributed by atoms with Gasteiger partial charge in [0.05, 0.1) is 23.1 Å². The van der Waals surface area contributed by atoms with Crippen LogP contribution in [-0.2, 0) is 19.1 Å². The number of carbonyl (C=O) groups is 4. The number of fused-ring (bicyclic) bond motifs is 5. The van der Waals surface area contributed by atoms with Crippen LogP contribution < -0.4 is 10.2 Å². The van der Waals surface area contributed by atoms with Crippen molar-refractivity contribution in [1.82, 2.24) is 0 Å².